The van der Waals surface area contributed by atoms with E-state index in [-0.39, 0.29) is 11.9 Å². The number of hydrogen-bond acceptors (Lipinski definition) is 4. The minimum absolute atomic E-state index is 0.254. The fourth-order valence-electron chi connectivity index (χ4n) is 3.34. The van der Waals surface area contributed by atoms with Gasteiger partial charge in [0.1, 0.15) is 0 Å². The minimum Gasteiger partial charge on any atom is -0.368 e. The summed E-state index contributed by atoms with van der Waals surface area (Å²) in [4.78, 5) is 16.8. The highest BCUT2D eigenvalue weighted by Gasteiger charge is 2.33. The van der Waals surface area contributed by atoms with Crippen molar-refractivity contribution in [3.63, 3.8) is 0 Å². The zero-order valence-electron chi connectivity index (χ0n) is 14.5. The second-order valence-electron chi connectivity index (χ2n) is 6.71. The largest absolute Gasteiger partial charge is 0.368 e. The third-order valence-corrected chi connectivity index (χ3v) is 4.66. The van der Waals surface area contributed by atoms with Crippen molar-refractivity contribution in [2.75, 3.05) is 32.7 Å². The monoisotopic (exact) mass is 298 g/mol. The molecule has 0 spiro atoms. The number of amides is 1. The van der Waals surface area contributed by atoms with E-state index < -0.39 is 5.54 Å². The molecule has 1 aliphatic heterocycles. The predicted octanol–water partition coefficient (Wildman–Crippen LogP) is 1.03. The maximum absolute atomic E-state index is 11.8. The minimum atomic E-state index is -0.610. The van der Waals surface area contributed by atoms with Crippen LogP contribution in [-0.4, -0.2) is 66.1 Å². The number of hydrogen-bond donors (Lipinski definition) is 2. The number of nitrogens with one attached hydrogen (secondary N) is 1. The van der Waals surface area contributed by atoms with Crippen LogP contribution in [0.3, 0.4) is 0 Å². The molecule has 2 atom stereocenters. The molecule has 0 saturated carbocycles. The van der Waals surface area contributed by atoms with Gasteiger partial charge in [0.15, 0.2) is 0 Å². The Kier molecular flexibility index (Phi) is 7.10. The van der Waals surface area contributed by atoms with Gasteiger partial charge in [0.25, 0.3) is 0 Å². The molecule has 0 bridgehead atoms. The summed E-state index contributed by atoms with van der Waals surface area (Å²) in [6.45, 7) is 15.9. The summed E-state index contributed by atoms with van der Waals surface area (Å²) >= 11 is 0. The van der Waals surface area contributed by atoms with E-state index in [2.05, 4.69) is 29.0 Å². The molecule has 2 unspecified atom stereocenters. The fraction of sp³-hybridized carbons (Fsp3) is 0.938. The Morgan fingerprint density at radius 1 is 1.43 bits per heavy atom. The number of carbonyl (C=O) groups is 1. The molecule has 1 aliphatic rings. The number of likely N-dealkylation sites (tertiary alicyclic amines) is 1. The van der Waals surface area contributed by atoms with Crippen molar-refractivity contribution in [1.82, 2.24) is 15.1 Å². The first-order chi connectivity index (χ1) is 9.82. The molecule has 0 aromatic rings. The Morgan fingerprint density at radius 2 is 2.05 bits per heavy atom. The lowest BCUT2D eigenvalue weighted by Gasteiger charge is -2.32. The van der Waals surface area contributed by atoms with Gasteiger partial charge in [-0.15, -0.1) is 0 Å². The summed E-state index contributed by atoms with van der Waals surface area (Å²) in [5.41, 5.74) is 4.98. The summed E-state index contributed by atoms with van der Waals surface area (Å²) in [5.74, 6) is -0.254. The Bertz CT molecular complexity index is 330. The van der Waals surface area contributed by atoms with Crippen LogP contribution in [-0.2, 0) is 4.79 Å². The van der Waals surface area contributed by atoms with Gasteiger partial charge < -0.3 is 16.0 Å². The first-order valence-electron chi connectivity index (χ1n) is 8.36. The van der Waals surface area contributed by atoms with E-state index in [1.165, 1.54) is 6.42 Å². The van der Waals surface area contributed by atoms with Gasteiger partial charge in [-0.25, -0.2) is 0 Å². The molecule has 124 valence electrons. The van der Waals surface area contributed by atoms with Gasteiger partial charge in [0.05, 0.1) is 5.54 Å². The molecular formula is C16H34N4O. The Hall–Kier alpha value is -0.650. The van der Waals surface area contributed by atoms with E-state index in [9.17, 15) is 4.79 Å². The van der Waals surface area contributed by atoms with Crippen LogP contribution < -0.4 is 11.1 Å². The van der Waals surface area contributed by atoms with E-state index in [0.717, 1.165) is 39.1 Å². The van der Waals surface area contributed by atoms with Gasteiger partial charge in [-0.2, -0.15) is 0 Å². The van der Waals surface area contributed by atoms with Gasteiger partial charge in [-0.3, -0.25) is 9.69 Å². The van der Waals surface area contributed by atoms with E-state index in [1.54, 1.807) is 0 Å². The van der Waals surface area contributed by atoms with Gasteiger partial charge >= 0.3 is 0 Å². The molecule has 0 aliphatic carbocycles. The summed E-state index contributed by atoms with van der Waals surface area (Å²) in [7, 11) is 0. The van der Waals surface area contributed by atoms with Crippen molar-refractivity contribution < 1.29 is 4.79 Å². The molecule has 5 nitrogen and oxygen atoms in total. The number of rotatable bonds is 9. The van der Waals surface area contributed by atoms with Crippen molar-refractivity contribution in [2.45, 2.75) is 65.1 Å². The maximum atomic E-state index is 11.8. The summed E-state index contributed by atoms with van der Waals surface area (Å²) in [6, 6.07) is 0.919. The van der Waals surface area contributed by atoms with E-state index in [0.29, 0.717) is 6.04 Å². The van der Waals surface area contributed by atoms with Crippen molar-refractivity contribution in [3.8, 4) is 0 Å². The van der Waals surface area contributed by atoms with Crippen molar-refractivity contribution in [3.05, 3.63) is 0 Å². The molecule has 21 heavy (non-hydrogen) atoms. The third kappa shape index (κ3) is 5.24. The molecule has 1 rings (SSSR count). The normalized spacial score (nSPS) is 22.9. The lowest BCUT2D eigenvalue weighted by molar-refractivity contribution is -0.124. The van der Waals surface area contributed by atoms with Crippen LogP contribution >= 0.6 is 0 Å². The Balaban J connectivity index is 2.49. The molecule has 1 fully saturated rings. The molecule has 5 heteroatoms. The van der Waals surface area contributed by atoms with Crippen LogP contribution in [0.4, 0.5) is 0 Å². The zero-order valence-corrected chi connectivity index (χ0v) is 14.5. The topological polar surface area (TPSA) is 61.6 Å². The van der Waals surface area contributed by atoms with Gasteiger partial charge in [0, 0.05) is 25.2 Å². The summed E-state index contributed by atoms with van der Waals surface area (Å²) < 4.78 is 0. The lowest BCUT2D eigenvalue weighted by Crippen LogP contribution is -2.56. The van der Waals surface area contributed by atoms with Crippen LogP contribution in [0.2, 0.25) is 0 Å². The summed E-state index contributed by atoms with van der Waals surface area (Å²) in [6.07, 6.45) is 2.00. The average molecular weight is 298 g/mol. The molecule has 1 saturated heterocycles. The van der Waals surface area contributed by atoms with Crippen LogP contribution in [0.5, 0.6) is 0 Å². The van der Waals surface area contributed by atoms with Gasteiger partial charge in [0.2, 0.25) is 5.91 Å². The SMILES string of the molecule is CCN(CC)C1CCN(CCC(C)(NC(C)C)C(N)=O)C1. The van der Waals surface area contributed by atoms with E-state index in [1.807, 2.05) is 20.8 Å². The molecule has 0 aromatic heterocycles. The molecule has 1 heterocycles. The van der Waals surface area contributed by atoms with Crippen LogP contribution in [0, 0.1) is 0 Å². The van der Waals surface area contributed by atoms with Crippen molar-refractivity contribution in [1.29, 1.82) is 0 Å². The Labute approximate surface area is 130 Å². The number of primary amides is 1. The number of nitrogens with zero attached hydrogens (tertiary/aromatic N) is 2. The van der Waals surface area contributed by atoms with E-state index in [4.69, 9.17) is 5.73 Å². The smallest absolute Gasteiger partial charge is 0.237 e. The second kappa shape index (κ2) is 8.11. The van der Waals surface area contributed by atoms with Crippen LogP contribution in [0.1, 0.15) is 47.5 Å². The second-order valence-corrected chi connectivity index (χ2v) is 6.71. The standard InChI is InChI=1S/C16H34N4O/c1-6-20(7-2)14-8-10-19(12-14)11-9-16(5,15(17)21)18-13(3)4/h13-14,18H,6-12H2,1-5H3,(H2,17,21). The number of likely N-dealkylation sites (N-methyl/N-ethyl adjacent to an activating group) is 1. The zero-order chi connectivity index (χ0) is 16.0. The van der Waals surface area contributed by atoms with Crippen molar-refractivity contribution in [2.24, 2.45) is 5.73 Å². The van der Waals surface area contributed by atoms with E-state index >= 15 is 0 Å². The summed E-state index contributed by atoms with van der Waals surface area (Å²) in [5, 5.41) is 3.32. The highest BCUT2D eigenvalue weighted by atomic mass is 16.1. The average Bonchev–Trinajstić information content (AvgIpc) is 2.86. The fourth-order valence-corrected chi connectivity index (χ4v) is 3.34. The molecule has 1 amide bonds. The molecular weight excluding hydrogens is 264 g/mol. The van der Waals surface area contributed by atoms with Crippen molar-refractivity contribution >= 4 is 5.91 Å². The highest BCUT2D eigenvalue weighted by Crippen LogP contribution is 2.18. The maximum Gasteiger partial charge on any atom is 0.237 e. The number of nitrogens with two attached hydrogens (primary N) is 1. The number of carbonyl (C=O) groups excluding carboxylic acids is 1. The highest BCUT2D eigenvalue weighted by molar-refractivity contribution is 5.84. The molecule has 0 aromatic carbocycles. The van der Waals surface area contributed by atoms with Crippen LogP contribution in [0.25, 0.3) is 0 Å². The first-order valence-corrected chi connectivity index (χ1v) is 8.36. The molecule has 3 N–H and O–H groups in total. The van der Waals surface area contributed by atoms with Gasteiger partial charge in [-0.1, -0.05) is 13.8 Å². The quantitative estimate of drug-likeness (QED) is 0.667. The Morgan fingerprint density at radius 3 is 2.52 bits per heavy atom. The van der Waals surface area contributed by atoms with Gasteiger partial charge in [-0.05, 0) is 53.2 Å². The predicted molar refractivity (Wildman–Crippen MR) is 88.3 cm³/mol. The third-order valence-electron chi connectivity index (χ3n) is 4.66. The molecule has 0 radical (unpaired) electrons. The van der Waals surface area contributed by atoms with Crippen LogP contribution in [0.15, 0.2) is 0 Å². The lowest BCUT2D eigenvalue weighted by atomic mass is 9.95. The first kappa shape index (κ1) is 18.4.